The van der Waals surface area contributed by atoms with Crippen LogP contribution in [0, 0.1) is 10.1 Å². The van der Waals surface area contributed by atoms with Gasteiger partial charge in [-0.25, -0.2) is 0 Å². The largest absolute Gasteiger partial charge is 0.491 e. The minimum atomic E-state index is -0.389. The molecule has 2 aromatic carbocycles. The number of hydrogen-bond donors (Lipinski definition) is 1. The van der Waals surface area contributed by atoms with Crippen LogP contribution in [0.1, 0.15) is 19.4 Å². The lowest BCUT2D eigenvalue weighted by Gasteiger charge is -2.15. The molecule has 3 aromatic rings. The molecule has 0 saturated carbocycles. The van der Waals surface area contributed by atoms with Gasteiger partial charge in [-0.2, -0.15) is 0 Å². The first-order valence-corrected chi connectivity index (χ1v) is 8.06. The first-order chi connectivity index (χ1) is 12.1. The molecule has 0 aliphatic carbocycles. The van der Waals surface area contributed by atoms with Crippen molar-refractivity contribution >= 4 is 22.1 Å². The maximum Gasteiger partial charge on any atom is 0.278 e. The average Bonchev–Trinajstić information content (AvgIpc) is 2.60. The third-order valence-electron chi connectivity index (χ3n) is 3.80. The number of nitro groups is 1. The van der Waals surface area contributed by atoms with Crippen molar-refractivity contribution in [1.82, 2.24) is 4.98 Å². The predicted octanol–water partition coefficient (Wildman–Crippen LogP) is 4.54. The highest BCUT2D eigenvalue weighted by Crippen LogP contribution is 2.31. The number of aromatic nitrogens is 1. The van der Waals surface area contributed by atoms with Crippen LogP contribution >= 0.6 is 0 Å². The Bertz CT molecular complexity index is 909. The van der Waals surface area contributed by atoms with Crippen molar-refractivity contribution in [3.63, 3.8) is 0 Å². The fourth-order valence-corrected chi connectivity index (χ4v) is 2.70. The topological polar surface area (TPSA) is 77.3 Å². The van der Waals surface area contributed by atoms with Crippen LogP contribution in [-0.4, -0.2) is 16.0 Å². The van der Waals surface area contributed by atoms with Gasteiger partial charge in [-0.3, -0.25) is 15.1 Å². The number of fused-ring (bicyclic) bond motifs is 1. The van der Waals surface area contributed by atoms with E-state index in [1.165, 1.54) is 12.3 Å². The van der Waals surface area contributed by atoms with E-state index in [1.54, 1.807) is 18.3 Å². The fraction of sp³-hybridized carbons (Fsp3) is 0.211. The van der Waals surface area contributed by atoms with Gasteiger partial charge >= 0.3 is 0 Å². The van der Waals surface area contributed by atoms with Gasteiger partial charge in [0.1, 0.15) is 5.75 Å². The van der Waals surface area contributed by atoms with Crippen LogP contribution in [0.2, 0.25) is 0 Å². The van der Waals surface area contributed by atoms with Crippen molar-refractivity contribution in [3.05, 3.63) is 70.5 Å². The second kappa shape index (κ2) is 7.17. The molecule has 0 radical (unpaired) electrons. The van der Waals surface area contributed by atoms with Gasteiger partial charge in [0.15, 0.2) is 0 Å². The number of non-ortho nitro benzene ring substituents is 1. The van der Waals surface area contributed by atoms with E-state index in [0.29, 0.717) is 11.9 Å². The number of nitrogens with one attached hydrogen (secondary N) is 1. The van der Waals surface area contributed by atoms with Crippen LogP contribution in [0.4, 0.5) is 11.4 Å². The van der Waals surface area contributed by atoms with Gasteiger partial charge in [0.05, 0.1) is 16.4 Å². The highest BCUT2D eigenvalue weighted by Gasteiger charge is 2.14. The van der Waals surface area contributed by atoms with Crippen LogP contribution < -0.4 is 10.1 Å². The molecule has 0 aliphatic rings. The molecule has 1 aromatic heterocycles. The number of pyridine rings is 1. The molecule has 1 N–H and O–H groups in total. The Morgan fingerprint density at radius 1 is 1.16 bits per heavy atom. The van der Waals surface area contributed by atoms with Crippen LogP contribution in [0.3, 0.4) is 0 Å². The van der Waals surface area contributed by atoms with Crippen molar-refractivity contribution in [2.24, 2.45) is 0 Å². The lowest BCUT2D eigenvalue weighted by Crippen LogP contribution is -2.09. The Kier molecular flexibility index (Phi) is 4.79. The Labute approximate surface area is 145 Å². The SMILES string of the molecule is CC(C)Oc1ccccc1CNc1ccc([N+](=O)[O-])c2cnccc12. The lowest BCUT2D eigenvalue weighted by atomic mass is 10.1. The molecular formula is C19H19N3O3. The van der Waals surface area contributed by atoms with Crippen molar-refractivity contribution in [3.8, 4) is 5.75 Å². The molecule has 0 fully saturated rings. The van der Waals surface area contributed by atoms with Crippen molar-refractivity contribution < 1.29 is 9.66 Å². The zero-order valence-corrected chi connectivity index (χ0v) is 14.1. The zero-order chi connectivity index (χ0) is 17.8. The van der Waals surface area contributed by atoms with Gasteiger partial charge in [-0.1, -0.05) is 18.2 Å². The van der Waals surface area contributed by atoms with Crippen molar-refractivity contribution in [2.75, 3.05) is 5.32 Å². The molecule has 0 atom stereocenters. The molecule has 25 heavy (non-hydrogen) atoms. The fourth-order valence-electron chi connectivity index (χ4n) is 2.70. The third kappa shape index (κ3) is 3.68. The summed E-state index contributed by atoms with van der Waals surface area (Å²) in [7, 11) is 0. The number of nitrogens with zero attached hydrogens (tertiary/aromatic N) is 2. The number of benzene rings is 2. The van der Waals surface area contributed by atoms with Gasteiger partial charge in [-0.15, -0.1) is 0 Å². The van der Waals surface area contributed by atoms with Crippen LogP contribution in [0.5, 0.6) is 5.75 Å². The van der Waals surface area contributed by atoms with Gasteiger partial charge in [0, 0.05) is 41.6 Å². The number of rotatable bonds is 6. The Hall–Kier alpha value is -3.15. The molecule has 3 rings (SSSR count). The minimum Gasteiger partial charge on any atom is -0.491 e. The molecule has 128 valence electrons. The van der Waals surface area contributed by atoms with E-state index in [4.69, 9.17) is 4.74 Å². The molecule has 0 amide bonds. The third-order valence-corrected chi connectivity index (χ3v) is 3.80. The average molecular weight is 337 g/mol. The molecule has 0 saturated heterocycles. The van der Waals surface area contributed by atoms with E-state index in [0.717, 1.165) is 22.4 Å². The molecular weight excluding hydrogens is 318 g/mol. The summed E-state index contributed by atoms with van der Waals surface area (Å²) < 4.78 is 5.83. The summed E-state index contributed by atoms with van der Waals surface area (Å²) in [6.07, 6.45) is 3.24. The molecule has 6 nitrogen and oxygen atoms in total. The standard InChI is InChI=1S/C19H19N3O3/c1-13(2)25-19-6-4-3-5-14(19)11-21-17-7-8-18(22(23)24)16-12-20-10-9-15(16)17/h3-10,12-13,21H,11H2,1-2H3. The lowest BCUT2D eigenvalue weighted by molar-refractivity contribution is -0.383. The van der Waals surface area contributed by atoms with E-state index in [-0.39, 0.29) is 16.7 Å². The van der Waals surface area contributed by atoms with Gasteiger partial charge in [0.25, 0.3) is 5.69 Å². The normalized spacial score (nSPS) is 10.8. The summed E-state index contributed by atoms with van der Waals surface area (Å²) in [6.45, 7) is 4.53. The molecule has 0 bridgehead atoms. The van der Waals surface area contributed by atoms with E-state index < -0.39 is 0 Å². The summed E-state index contributed by atoms with van der Waals surface area (Å²) in [5, 5.41) is 15.8. The van der Waals surface area contributed by atoms with Crippen LogP contribution in [0.15, 0.2) is 54.9 Å². The van der Waals surface area contributed by atoms with Crippen LogP contribution in [-0.2, 0) is 6.54 Å². The van der Waals surface area contributed by atoms with E-state index in [1.807, 2.05) is 38.1 Å². The molecule has 0 unspecified atom stereocenters. The summed E-state index contributed by atoms with van der Waals surface area (Å²) >= 11 is 0. The molecule has 0 spiro atoms. The first-order valence-electron chi connectivity index (χ1n) is 8.06. The second-order valence-electron chi connectivity index (χ2n) is 5.94. The monoisotopic (exact) mass is 337 g/mol. The Morgan fingerprint density at radius 3 is 2.72 bits per heavy atom. The number of ether oxygens (including phenoxy) is 1. The highest BCUT2D eigenvalue weighted by atomic mass is 16.6. The smallest absolute Gasteiger partial charge is 0.278 e. The summed E-state index contributed by atoms with van der Waals surface area (Å²) in [5.74, 6) is 0.831. The highest BCUT2D eigenvalue weighted by molar-refractivity contribution is 5.99. The quantitative estimate of drug-likeness (QED) is 0.528. The number of para-hydroxylation sites is 1. The van der Waals surface area contributed by atoms with Gasteiger partial charge in [0.2, 0.25) is 0 Å². The predicted molar refractivity (Wildman–Crippen MR) is 97.9 cm³/mol. The molecule has 0 aliphatic heterocycles. The number of anilines is 1. The van der Waals surface area contributed by atoms with Crippen molar-refractivity contribution in [1.29, 1.82) is 0 Å². The summed E-state index contributed by atoms with van der Waals surface area (Å²) in [5.41, 5.74) is 1.90. The van der Waals surface area contributed by atoms with E-state index >= 15 is 0 Å². The van der Waals surface area contributed by atoms with Gasteiger partial charge in [-0.05, 0) is 32.0 Å². The molecule has 6 heteroatoms. The number of nitro benzene ring substituents is 1. The first kappa shape index (κ1) is 16.7. The summed E-state index contributed by atoms with van der Waals surface area (Å²) in [6, 6.07) is 12.8. The molecule has 1 heterocycles. The Balaban J connectivity index is 1.90. The maximum atomic E-state index is 11.2. The van der Waals surface area contributed by atoms with Crippen molar-refractivity contribution in [2.45, 2.75) is 26.5 Å². The minimum absolute atomic E-state index is 0.0530. The van der Waals surface area contributed by atoms with E-state index in [9.17, 15) is 10.1 Å². The van der Waals surface area contributed by atoms with Gasteiger partial charge < -0.3 is 10.1 Å². The maximum absolute atomic E-state index is 11.2. The second-order valence-corrected chi connectivity index (χ2v) is 5.94. The van der Waals surface area contributed by atoms with Crippen LogP contribution in [0.25, 0.3) is 10.8 Å². The number of hydrogen-bond acceptors (Lipinski definition) is 5. The Morgan fingerprint density at radius 2 is 1.96 bits per heavy atom. The van der Waals surface area contributed by atoms with E-state index in [2.05, 4.69) is 10.3 Å². The summed E-state index contributed by atoms with van der Waals surface area (Å²) in [4.78, 5) is 14.8. The zero-order valence-electron chi connectivity index (χ0n) is 14.1.